The van der Waals surface area contributed by atoms with E-state index in [1.807, 2.05) is 0 Å². The molecule has 7 nitrogen and oxygen atoms in total. The first-order valence-electron chi connectivity index (χ1n) is 8.81. The fourth-order valence-corrected chi connectivity index (χ4v) is 2.91. The third-order valence-corrected chi connectivity index (χ3v) is 4.49. The SMILES string of the molecule is COC(=O)c1ccc(-c2nc(-c3ccc(OC)c(F)c3)cc(C(=O)OC)c2N)cc1. The summed E-state index contributed by atoms with van der Waals surface area (Å²) in [5.74, 6) is -1.63. The van der Waals surface area contributed by atoms with Crippen LogP contribution in [0.4, 0.5) is 10.1 Å². The lowest BCUT2D eigenvalue weighted by Crippen LogP contribution is -2.09. The van der Waals surface area contributed by atoms with Crippen LogP contribution in [0, 0.1) is 5.82 Å². The van der Waals surface area contributed by atoms with Crippen molar-refractivity contribution in [3.63, 3.8) is 0 Å². The van der Waals surface area contributed by atoms with Crippen LogP contribution in [0.3, 0.4) is 0 Å². The van der Waals surface area contributed by atoms with Gasteiger partial charge in [-0.25, -0.2) is 19.0 Å². The Morgan fingerprint density at radius 3 is 2.10 bits per heavy atom. The van der Waals surface area contributed by atoms with Crippen molar-refractivity contribution < 1.29 is 28.2 Å². The highest BCUT2D eigenvalue weighted by Crippen LogP contribution is 2.33. The van der Waals surface area contributed by atoms with Crippen molar-refractivity contribution in [2.45, 2.75) is 0 Å². The van der Waals surface area contributed by atoms with Gasteiger partial charge in [0.15, 0.2) is 11.6 Å². The lowest BCUT2D eigenvalue weighted by Gasteiger charge is -2.13. The Kier molecular flexibility index (Phi) is 5.96. The van der Waals surface area contributed by atoms with Crippen molar-refractivity contribution in [1.82, 2.24) is 4.98 Å². The number of hydrogen-bond acceptors (Lipinski definition) is 7. The van der Waals surface area contributed by atoms with Gasteiger partial charge in [0.05, 0.1) is 49.5 Å². The molecule has 0 amide bonds. The molecule has 0 aliphatic carbocycles. The van der Waals surface area contributed by atoms with Crippen LogP contribution < -0.4 is 10.5 Å². The predicted octanol–water partition coefficient (Wildman–Crippen LogP) is 3.72. The molecule has 0 saturated heterocycles. The van der Waals surface area contributed by atoms with Gasteiger partial charge in [-0.3, -0.25) is 0 Å². The molecule has 0 aliphatic rings. The summed E-state index contributed by atoms with van der Waals surface area (Å²) in [4.78, 5) is 28.5. The van der Waals surface area contributed by atoms with Gasteiger partial charge in [-0.05, 0) is 36.4 Å². The Morgan fingerprint density at radius 1 is 0.900 bits per heavy atom. The molecule has 0 spiro atoms. The third-order valence-electron chi connectivity index (χ3n) is 4.49. The molecule has 154 valence electrons. The molecular weight excluding hydrogens is 391 g/mol. The molecule has 30 heavy (non-hydrogen) atoms. The van der Waals surface area contributed by atoms with Gasteiger partial charge < -0.3 is 19.9 Å². The zero-order chi connectivity index (χ0) is 21.8. The van der Waals surface area contributed by atoms with Crippen molar-refractivity contribution >= 4 is 17.6 Å². The van der Waals surface area contributed by atoms with Gasteiger partial charge in [0.2, 0.25) is 0 Å². The average molecular weight is 410 g/mol. The number of rotatable bonds is 5. The summed E-state index contributed by atoms with van der Waals surface area (Å²) in [6.07, 6.45) is 0. The highest BCUT2D eigenvalue weighted by Gasteiger charge is 2.19. The molecule has 3 aromatic rings. The van der Waals surface area contributed by atoms with Crippen molar-refractivity contribution in [3.05, 3.63) is 65.5 Å². The second-order valence-corrected chi connectivity index (χ2v) is 6.23. The quantitative estimate of drug-likeness (QED) is 0.640. The number of aromatic nitrogens is 1. The highest BCUT2D eigenvalue weighted by molar-refractivity contribution is 6.00. The molecule has 0 aliphatic heterocycles. The van der Waals surface area contributed by atoms with E-state index in [4.69, 9.17) is 19.9 Å². The highest BCUT2D eigenvalue weighted by atomic mass is 19.1. The molecule has 0 fully saturated rings. The molecule has 0 bridgehead atoms. The summed E-state index contributed by atoms with van der Waals surface area (Å²) in [5, 5.41) is 0. The van der Waals surface area contributed by atoms with Crippen LogP contribution >= 0.6 is 0 Å². The monoisotopic (exact) mass is 410 g/mol. The second kappa shape index (κ2) is 8.60. The number of nitrogens with zero attached hydrogens (tertiary/aromatic N) is 1. The van der Waals surface area contributed by atoms with Crippen LogP contribution in [0.1, 0.15) is 20.7 Å². The van der Waals surface area contributed by atoms with Crippen LogP contribution in [0.5, 0.6) is 5.75 Å². The number of anilines is 1. The van der Waals surface area contributed by atoms with E-state index in [0.29, 0.717) is 28.1 Å². The number of carbonyl (C=O) groups excluding carboxylic acids is 2. The number of esters is 2. The van der Waals surface area contributed by atoms with Crippen molar-refractivity contribution in [3.8, 4) is 28.3 Å². The van der Waals surface area contributed by atoms with E-state index in [1.54, 1.807) is 30.3 Å². The Bertz CT molecular complexity index is 1110. The maximum absolute atomic E-state index is 14.2. The maximum Gasteiger partial charge on any atom is 0.340 e. The van der Waals surface area contributed by atoms with E-state index in [1.165, 1.54) is 39.5 Å². The van der Waals surface area contributed by atoms with Gasteiger partial charge in [-0.15, -0.1) is 0 Å². The Balaban J connectivity index is 2.17. The Labute approximate surface area is 172 Å². The summed E-state index contributed by atoms with van der Waals surface area (Å²) >= 11 is 0. The normalized spacial score (nSPS) is 10.4. The van der Waals surface area contributed by atoms with Crippen LogP contribution in [0.15, 0.2) is 48.5 Å². The van der Waals surface area contributed by atoms with Crippen LogP contribution in [-0.4, -0.2) is 38.3 Å². The first-order chi connectivity index (χ1) is 14.4. The largest absolute Gasteiger partial charge is 0.494 e. The fraction of sp³-hybridized carbons (Fsp3) is 0.136. The number of halogens is 1. The number of nitrogens with two attached hydrogens (primary N) is 1. The summed E-state index contributed by atoms with van der Waals surface area (Å²) in [7, 11) is 3.89. The topological polar surface area (TPSA) is 101 Å². The number of hydrogen-bond donors (Lipinski definition) is 1. The molecule has 0 unspecified atom stereocenters. The van der Waals surface area contributed by atoms with Crippen molar-refractivity contribution in [2.75, 3.05) is 27.1 Å². The zero-order valence-corrected chi connectivity index (χ0v) is 16.6. The smallest absolute Gasteiger partial charge is 0.340 e. The fourth-order valence-electron chi connectivity index (χ4n) is 2.91. The van der Waals surface area contributed by atoms with E-state index in [9.17, 15) is 14.0 Å². The molecule has 0 atom stereocenters. The van der Waals surface area contributed by atoms with Crippen molar-refractivity contribution in [1.29, 1.82) is 0 Å². The molecule has 3 rings (SSSR count). The minimum absolute atomic E-state index is 0.0843. The van der Waals surface area contributed by atoms with E-state index < -0.39 is 17.8 Å². The van der Waals surface area contributed by atoms with Gasteiger partial charge >= 0.3 is 11.9 Å². The molecule has 2 aromatic carbocycles. The molecule has 8 heteroatoms. The minimum Gasteiger partial charge on any atom is -0.494 e. The number of methoxy groups -OCH3 is 3. The van der Waals surface area contributed by atoms with Gasteiger partial charge in [-0.1, -0.05) is 12.1 Å². The third kappa shape index (κ3) is 3.93. The molecule has 1 heterocycles. The lowest BCUT2D eigenvalue weighted by atomic mass is 10.0. The van der Waals surface area contributed by atoms with Crippen LogP contribution in [0.25, 0.3) is 22.5 Å². The number of nitrogen functional groups attached to an aromatic ring is 1. The predicted molar refractivity (Wildman–Crippen MR) is 109 cm³/mol. The van der Waals surface area contributed by atoms with E-state index in [0.717, 1.165) is 0 Å². The summed E-state index contributed by atoms with van der Waals surface area (Å²) in [6.45, 7) is 0. The molecule has 0 radical (unpaired) electrons. The zero-order valence-electron chi connectivity index (χ0n) is 16.6. The number of pyridine rings is 1. The first-order valence-corrected chi connectivity index (χ1v) is 8.81. The van der Waals surface area contributed by atoms with Crippen LogP contribution in [0.2, 0.25) is 0 Å². The van der Waals surface area contributed by atoms with E-state index in [2.05, 4.69) is 4.98 Å². The van der Waals surface area contributed by atoms with Gasteiger partial charge in [-0.2, -0.15) is 0 Å². The van der Waals surface area contributed by atoms with Gasteiger partial charge in [0, 0.05) is 11.1 Å². The van der Waals surface area contributed by atoms with E-state index >= 15 is 0 Å². The minimum atomic E-state index is -0.655. The maximum atomic E-state index is 14.2. The number of carbonyl (C=O) groups is 2. The molecule has 2 N–H and O–H groups in total. The summed E-state index contributed by atoms with van der Waals surface area (Å²) < 4.78 is 28.7. The molecule has 1 aromatic heterocycles. The Hall–Kier alpha value is -3.94. The van der Waals surface area contributed by atoms with Gasteiger partial charge in [0.1, 0.15) is 0 Å². The lowest BCUT2D eigenvalue weighted by molar-refractivity contribution is 0.0592. The van der Waals surface area contributed by atoms with Crippen LogP contribution in [-0.2, 0) is 9.47 Å². The molecular formula is C22H19FN2O5. The summed E-state index contributed by atoms with van der Waals surface area (Å²) in [6, 6.07) is 12.1. The average Bonchev–Trinajstić information content (AvgIpc) is 2.78. The van der Waals surface area contributed by atoms with Gasteiger partial charge in [0.25, 0.3) is 0 Å². The number of benzene rings is 2. The molecule has 0 saturated carbocycles. The van der Waals surface area contributed by atoms with E-state index in [-0.39, 0.29) is 17.0 Å². The standard InChI is InChI=1S/C22H19FN2O5/c1-28-18-9-8-14(10-16(18)23)17-11-15(22(27)30-3)19(24)20(25-17)12-4-6-13(7-5-12)21(26)29-2/h4-11H,24H2,1-3H3. The van der Waals surface area contributed by atoms with Crippen molar-refractivity contribution in [2.24, 2.45) is 0 Å². The first kappa shape index (κ1) is 20.8. The second-order valence-electron chi connectivity index (χ2n) is 6.23. The summed E-state index contributed by atoms with van der Waals surface area (Å²) in [5.41, 5.74) is 8.32. The Morgan fingerprint density at radius 2 is 1.53 bits per heavy atom. The number of ether oxygens (including phenoxy) is 3.